The number of hydrogen-bond acceptors (Lipinski definition) is 8. The molecule has 0 spiro atoms. The van der Waals surface area contributed by atoms with Gasteiger partial charge in [-0.2, -0.15) is 0 Å². The van der Waals surface area contributed by atoms with E-state index in [1.165, 1.54) is 23.1 Å². The van der Waals surface area contributed by atoms with Gasteiger partial charge in [0.05, 0.1) is 11.3 Å². The van der Waals surface area contributed by atoms with Crippen molar-refractivity contribution in [1.29, 1.82) is 0 Å². The first kappa shape index (κ1) is 14.5. The number of rotatable bonds is 5. The first-order chi connectivity index (χ1) is 10.3. The number of aromatic nitrogens is 4. The zero-order chi connectivity index (χ0) is 14.7. The van der Waals surface area contributed by atoms with Crippen LogP contribution in [-0.4, -0.2) is 27.4 Å². The molecule has 0 saturated carbocycles. The highest BCUT2D eigenvalue weighted by Gasteiger charge is 2.12. The Balaban J connectivity index is 1.69. The van der Waals surface area contributed by atoms with Crippen molar-refractivity contribution in [3.05, 3.63) is 34.6 Å². The van der Waals surface area contributed by atoms with Crippen molar-refractivity contribution in [2.24, 2.45) is 0 Å². The van der Waals surface area contributed by atoms with Crippen LogP contribution in [0.5, 0.6) is 0 Å². The minimum absolute atomic E-state index is 0.506. The van der Waals surface area contributed by atoms with Crippen molar-refractivity contribution in [3.63, 3.8) is 0 Å². The number of nitrogens with one attached hydrogen (secondary N) is 1. The van der Waals surface area contributed by atoms with E-state index >= 15 is 0 Å². The van der Waals surface area contributed by atoms with Crippen LogP contribution in [0.2, 0.25) is 0 Å². The fraction of sp³-hybridized carbons (Fsp3) is 0.167. The van der Waals surface area contributed by atoms with E-state index in [4.69, 9.17) is 4.42 Å². The molecule has 3 rings (SSSR count). The summed E-state index contributed by atoms with van der Waals surface area (Å²) < 4.78 is 7.46. The normalized spacial score (nSPS) is 10.8. The zero-order valence-corrected chi connectivity index (χ0v) is 14.1. The van der Waals surface area contributed by atoms with Crippen LogP contribution in [0.25, 0.3) is 11.5 Å². The summed E-state index contributed by atoms with van der Waals surface area (Å²) in [6, 6.07) is 7.74. The minimum atomic E-state index is 0.506. The third-order valence-corrected chi connectivity index (χ3v) is 5.26. The lowest BCUT2D eigenvalue weighted by molar-refractivity contribution is 0.528. The number of hydrogen-bond donors (Lipinski definition) is 1. The fourth-order valence-electron chi connectivity index (χ4n) is 1.55. The van der Waals surface area contributed by atoms with E-state index in [1.54, 1.807) is 0 Å². The Bertz CT molecular complexity index is 745. The van der Waals surface area contributed by atoms with Crippen LogP contribution in [0.15, 0.2) is 37.5 Å². The molecule has 0 bridgehead atoms. The maximum absolute atomic E-state index is 5.67. The molecule has 2 heterocycles. The van der Waals surface area contributed by atoms with Gasteiger partial charge in [-0.1, -0.05) is 35.2 Å². The van der Waals surface area contributed by atoms with Crippen molar-refractivity contribution in [1.82, 2.24) is 20.4 Å². The van der Waals surface area contributed by atoms with E-state index in [-0.39, 0.29) is 0 Å². The molecule has 0 saturated heterocycles. The topological polar surface area (TPSA) is 76.7 Å². The smallest absolute Gasteiger partial charge is 0.248 e. The molecule has 2 aromatic heterocycles. The van der Waals surface area contributed by atoms with Gasteiger partial charge >= 0.3 is 0 Å². The molecule has 108 valence electrons. The summed E-state index contributed by atoms with van der Waals surface area (Å²) in [5, 5.41) is 19.9. The molecule has 0 aliphatic carbocycles. The zero-order valence-electron chi connectivity index (χ0n) is 10.9. The van der Waals surface area contributed by atoms with Gasteiger partial charge in [-0.05, 0) is 28.1 Å². The maximum Gasteiger partial charge on any atom is 0.248 e. The van der Waals surface area contributed by atoms with Crippen molar-refractivity contribution in [2.75, 3.05) is 12.4 Å². The Kier molecular flexibility index (Phi) is 4.51. The summed E-state index contributed by atoms with van der Waals surface area (Å²) in [4.78, 5) is 0. The third kappa shape index (κ3) is 3.42. The highest BCUT2D eigenvalue weighted by atomic mass is 79.9. The van der Waals surface area contributed by atoms with E-state index in [0.29, 0.717) is 17.5 Å². The molecule has 3 aromatic rings. The van der Waals surface area contributed by atoms with Gasteiger partial charge < -0.3 is 9.73 Å². The fourth-order valence-corrected chi connectivity index (χ4v) is 3.54. The third-order valence-electron chi connectivity index (χ3n) is 2.51. The minimum Gasteiger partial charge on any atom is -0.420 e. The molecule has 0 aliphatic heterocycles. The lowest BCUT2D eigenvalue weighted by Crippen LogP contribution is -1.84. The second kappa shape index (κ2) is 6.54. The first-order valence-electron chi connectivity index (χ1n) is 5.97. The van der Waals surface area contributed by atoms with Gasteiger partial charge in [-0.25, -0.2) is 0 Å². The Morgan fingerprint density at radius 1 is 1.24 bits per heavy atom. The van der Waals surface area contributed by atoms with E-state index in [9.17, 15) is 0 Å². The van der Waals surface area contributed by atoms with Crippen LogP contribution in [0.1, 0.15) is 5.89 Å². The number of nitrogens with zero attached hydrogens (tertiary/aromatic N) is 4. The molecule has 1 N–H and O–H groups in total. The number of anilines is 1. The summed E-state index contributed by atoms with van der Waals surface area (Å²) in [6.07, 6.45) is 0. The Morgan fingerprint density at radius 2 is 2.10 bits per heavy atom. The number of thioether (sulfide) groups is 1. The van der Waals surface area contributed by atoms with Crippen molar-refractivity contribution in [2.45, 2.75) is 10.1 Å². The first-order valence-corrected chi connectivity index (χ1v) is 8.57. The summed E-state index contributed by atoms with van der Waals surface area (Å²) >= 11 is 6.48. The van der Waals surface area contributed by atoms with E-state index in [1.807, 2.05) is 31.3 Å². The van der Waals surface area contributed by atoms with E-state index in [0.717, 1.165) is 19.5 Å². The quantitative estimate of drug-likeness (QED) is 0.673. The second-order valence-electron chi connectivity index (χ2n) is 3.89. The summed E-state index contributed by atoms with van der Waals surface area (Å²) in [5.74, 6) is 1.63. The lowest BCUT2D eigenvalue weighted by atomic mass is 10.2. The average molecular weight is 384 g/mol. The molecule has 0 fully saturated rings. The molecule has 0 aliphatic rings. The summed E-state index contributed by atoms with van der Waals surface area (Å²) in [6.45, 7) is 0. The van der Waals surface area contributed by atoms with Gasteiger partial charge in [-0.15, -0.1) is 20.4 Å². The average Bonchev–Trinajstić information content (AvgIpc) is 3.14. The van der Waals surface area contributed by atoms with Gasteiger partial charge in [-0.3, -0.25) is 0 Å². The van der Waals surface area contributed by atoms with Gasteiger partial charge in [0, 0.05) is 11.5 Å². The standard InChI is InChI=1S/C12H10BrN5OS2/c1-14-11-17-18-12(21-11)20-6-9-15-16-10(19-9)7-4-2-3-5-8(7)13/h2-5H,6H2,1H3,(H,14,17). The summed E-state index contributed by atoms with van der Waals surface area (Å²) in [5.41, 5.74) is 0.884. The predicted octanol–water partition coefficient (Wildman–Crippen LogP) is 3.68. The Labute approximate surface area is 137 Å². The Morgan fingerprint density at radius 3 is 2.86 bits per heavy atom. The monoisotopic (exact) mass is 383 g/mol. The van der Waals surface area contributed by atoms with E-state index < -0.39 is 0 Å². The van der Waals surface area contributed by atoms with Gasteiger partial charge in [0.15, 0.2) is 4.34 Å². The molecular weight excluding hydrogens is 374 g/mol. The molecule has 21 heavy (non-hydrogen) atoms. The van der Waals surface area contributed by atoms with Crippen molar-refractivity contribution < 1.29 is 4.42 Å². The molecule has 1 aromatic carbocycles. The van der Waals surface area contributed by atoms with E-state index in [2.05, 4.69) is 41.6 Å². The molecule has 0 unspecified atom stereocenters. The maximum atomic E-state index is 5.67. The number of halogens is 1. The molecule has 6 nitrogen and oxygen atoms in total. The van der Waals surface area contributed by atoms with Gasteiger partial charge in [0.1, 0.15) is 0 Å². The van der Waals surface area contributed by atoms with Crippen molar-refractivity contribution >= 4 is 44.2 Å². The van der Waals surface area contributed by atoms with Crippen LogP contribution in [0, 0.1) is 0 Å². The largest absolute Gasteiger partial charge is 0.420 e. The van der Waals surface area contributed by atoms with Crippen LogP contribution < -0.4 is 5.32 Å². The predicted molar refractivity (Wildman–Crippen MR) is 86.5 cm³/mol. The highest BCUT2D eigenvalue weighted by Crippen LogP contribution is 2.30. The second-order valence-corrected chi connectivity index (χ2v) is 6.95. The summed E-state index contributed by atoms with van der Waals surface area (Å²) in [7, 11) is 1.82. The molecular formula is C12H10BrN5OS2. The highest BCUT2D eigenvalue weighted by molar-refractivity contribution is 9.10. The van der Waals surface area contributed by atoms with Gasteiger partial charge in [0.2, 0.25) is 16.9 Å². The molecule has 0 atom stereocenters. The molecule has 0 amide bonds. The molecule has 0 radical (unpaired) electrons. The molecule has 9 heteroatoms. The lowest BCUT2D eigenvalue weighted by Gasteiger charge is -1.97. The van der Waals surface area contributed by atoms with Crippen LogP contribution in [-0.2, 0) is 5.75 Å². The number of benzene rings is 1. The SMILES string of the molecule is CNc1nnc(SCc2nnc(-c3ccccc3Br)o2)s1. The Hall–Kier alpha value is -1.45. The van der Waals surface area contributed by atoms with Crippen molar-refractivity contribution in [3.8, 4) is 11.5 Å². The van der Waals surface area contributed by atoms with Crippen LogP contribution in [0.3, 0.4) is 0 Å². The van der Waals surface area contributed by atoms with Crippen LogP contribution in [0.4, 0.5) is 5.13 Å². The van der Waals surface area contributed by atoms with Crippen LogP contribution >= 0.6 is 39.0 Å². The van der Waals surface area contributed by atoms with Gasteiger partial charge in [0.25, 0.3) is 0 Å².